The van der Waals surface area contributed by atoms with Crippen molar-refractivity contribution in [3.8, 4) is 0 Å². The Morgan fingerprint density at radius 2 is 2.33 bits per heavy atom. The number of morpholine rings is 1. The van der Waals surface area contributed by atoms with Crippen molar-refractivity contribution in [3.63, 3.8) is 0 Å². The maximum Gasteiger partial charge on any atom is 0.0935 e. The van der Waals surface area contributed by atoms with Crippen molar-refractivity contribution in [3.05, 3.63) is 0 Å². The van der Waals surface area contributed by atoms with Crippen LogP contribution >= 0.6 is 0 Å². The van der Waals surface area contributed by atoms with Crippen molar-refractivity contribution in [2.24, 2.45) is 5.73 Å². The number of nitrogens with zero attached hydrogens (tertiary/aromatic N) is 1. The van der Waals surface area contributed by atoms with Crippen LogP contribution in [0.2, 0.25) is 0 Å². The molecule has 1 saturated heterocycles. The van der Waals surface area contributed by atoms with Crippen LogP contribution in [0.1, 0.15) is 19.3 Å². The summed E-state index contributed by atoms with van der Waals surface area (Å²) in [5.74, 6) is 0. The second kappa shape index (κ2) is 5.25. The van der Waals surface area contributed by atoms with E-state index in [4.69, 9.17) is 15.2 Å². The van der Waals surface area contributed by atoms with Gasteiger partial charge >= 0.3 is 0 Å². The van der Waals surface area contributed by atoms with Crippen LogP contribution in [0, 0.1) is 0 Å². The smallest absolute Gasteiger partial charge is 0.0935 e. The molecule has 4 nitrogen and oxygen atoms in total. The SMILES string of the molecule is CN1CCOC(COC2CCC(N)C2)C1. The lowest BCUT2D eigenvalue weighted by molar-refractivity contribution is -0.0790. The van der Waals surface area contributed by atoms with E-state index in [1.165, 1.54) is 0 Å². The zero-order chi connectivity index (χ0) is 10.7. The van der Waals surface area contributed by atoms with Crippen LogP contribution in [0.5, 0.6) is 0 Å². The fourth-order valence-corrected chi connectivity index (χ4v) is 2.34. The number of nitrogens with two attached hydrogens (primary N) is 1. The highest BCUT2D eigenvalue weighted by atomic mass is 16.5. The predicted octanol–water partition coefficient (Wildman–Crippen LogP) is 0.213. The van der Waals surface area contributed by atoms with E-state index in [1.807, 2.05) is 0 Å². The molecule has 0 aromatic rings. The van der Waals surface area contributed by atoms with Crippen molar-refractivity contribution < 1.29 is 9.47 Å². The van der Waals surface area contributed by atoms with Gasteiger partial charge in [-0.25, -0.2) is 0 Å². The molecule has 3 atom stereocenters. The standard InChI is InChI=1S/C11H22N2O2/c1-13-4-5-14-11(7-13)8-15-10-3-2-9(12)6-10/h9-11H,2-8,12H2,1H3. The Hall–Kier alpha value is -0.160. The van der Waals surface area contributed by atoms with Gasteiger partial charge in [-0.2, -0.15) is 0 Å². The quantitative estimate of drug-likeness (QED) is 0.730. The van der Waals surface area contributed by atoms with Gasteiger partial charge in [0.05, 0.1) is 25.4 Å². The Morgan fingerprint density at radius 1 is 1.47 bits per heavy atom. The number of hydrogen-bond donors (Lipinski definition) is 1. The van der Waals surface area contributed by atoms with Gasteiger partial charge in [-0.3, -0.25) is 0 Å². The highest BCUT2D eigenvalue weighted by molar-refractivity contribution is 4.79. The van der Waals surface area contributed by atoms with E-state index >= 15 is 0 Å². The summed E-state index contributed by atoms with van der Waals surface area (Å²) < 4.78 is 11.5. The van der Waals surface area contributed by atoms with E-state index < -0.39 is 0 Å². The molecule has 88 valence electrons. The molecule has 3 unspecified atom stereocenters. The first-order valence-electron chi connectivity index (χ1n) is 5.91. The molecule has 1 aliphatic carbocycles. The molecule has 0 radical (unpaired) electrons. The average molecular weight is 214 g/mol. The molecule has 4 heteroatoms. The van der Waals surface area contributed by atoms with E-state index in [0.29, 0.717) is 12.1 Å². The van der Waals surface area contributed by atoms with Gasteiger partial charge in [-0.15, -0.1) is 0 Å². The van der Waals surface area contributed by atoms with Gasteiger partial charge in [-0.1, -0.05) is 0 Å². The van der Waals surface area contributed by atoms with E-state index in [0.717, 1.165) is 45.6 Å². The Kier molecular flexibility index (Phi) is 3.97. The molecule has 0 amide bonds. The molecular formula is C11H22N2O2. The zero-order valence-corrected chi connectivity index (χ0v) is 9.52. The minimum absolute atomic E-state index is 0.251. The predicted molar refractivity (Wildman–Crippen MR) is 58.8 cm³/mol. The van der Waals surface area contributed by atoms with Crippen molar-refractivity contribution in [2.75, 3.05) is 33.4 Å². The highest BCUT2D eigenvalue weighted by Crippen LogP contribution is 2.20. The third-order valence-corrected chi connectivity index (χ3v) is 3.28. The van der Waals surface area contributed by atoms with Crippen LogP contribution in [0.15, 0.2) is 0 Å². The first kappa shape index (κ1) is 11.3. The fourth-order valence-electron chi connectivity index (χ4n) is 2.34. The van der Waals surface area contributed by atoms with Gasteiger partial charge in [0, 0.05) is 19.1 Å². The van der Waals surface area contributed by atoms with Gasteiger partial charge in [-0.05, 0) is 26.3 Å². The van der Waals surface area contributed by atoms with Crippen LogP contribution in [-0.4, -0.2) is 56.5 Å². The third-order valence-electron chi connectivity index (χ3n) is 3.28. The molecular weight excluding hydrogens is 192 g/mol. The van der Waals surface area contributed by atoms with Gasteiger partial charge in [0.25, 0.3) is 0 Å². The molecule has 1 heterocycles. The van der Waals surface area contributed by atoms with Crippen LogP contribution < -0.4 is 5.73 Å². The van der Waals surface area contributed by atoms with E-state index in [1.54, 1.807) is 0 Å². The van der Waals surface area contributed by atoms with Crippen LogP contribution in [0.3, 0.4) is 0 Å². The minimum Gasteiger partial charge on any atom is -0.375 e. The summed E-state index contributed by atoms with van der Waals surface area (Å²) in [5.41, 5.74) is 5.84. The monoisotopic (exact) mass is 214 g/mol. The molecule has 2 aliphatic rings. The number of likely N-dealkylation sites (N-methyl/N-ethyl adjacent to an activating group) is 1. The van der Waals surface area contributed by atoms with Crippen LogP contribution in [-0.2, 0) is 9.47 Å². The molecule has 0 spiro atoms. The van der Waals surface area contributed by atoms with Crippen molar-refractivity contribution in [2.45, 2.75) is 37.5 Å². The summed E-state index contributed by atoms with van der Waals surface area (Å²) in [5, 5.41) is 0. The first-order chi connectivity index (χ1) is 7.24. The second-order valence-corrected chi connectivity index (χ2v) is 4.78. The maximum atomic E-state index is 5.84. The van der Waals surface area contributed by atoms with Crippen molar-refractivity contribution >= 4 is 0 Å². The Labute approximate surface area is 91.7 Å². The van der Waals surface area contributed by atoms with E-state index in [9.17, 15) is 0 Å². The van der Waals surface area contributed by atoms with Crippen molar-refractivity contribution in [1.29, 1.82) is 0 Å². The minimum atomic E-state index is 0.251. The van der Waals surface area contributed by atoms with Crippen molar-refractivity contribution in [1.82, 2.24) is 4.90 Å². The lowest BCUT2D eigenvalue weighted by atomic mass is 10.2. The molecule has 2 fully saturated rings. The molecule has 2 N–H and O–H groups in total. The summed E-state index contributed by atoms with van der Waals surface area (Å²) in [4.78, 5) is 2.29. The topological polar surface area (TPSA) is 47.7 Å². The number of rotatable bonds is 3. The lowest BCUT2D eigenvalue weighted by Gasteiger charge is -2.30. The Bertz CT molecular complexity index is 201. The molecule has 0 aromatic heterocycles. The molecule has 15 heavy (non-hydrogen) atoms. The summed E-state index contributed by atoms with van der Waals surface area (Å²) >= 11 is 0. The Balaban J connectivity index is 1.64. The summed E-state index contributed by atoms with van der Waals surface area (Å²) in [6, 6.07) is 0.352. The first-order valence-corrected chi connectivity index (χ1v) is 5.91. The molecule has 1 aliphatic heterocycles. The highest BCUT2D eigenvalue weighted by Gasteiger charge is 2.24. The fraction of sp³-hybridized carbons (Fsp3) is 1.00. The largest absolute Gasteiger partial charge is 0.375 e. The van der Waals surface area contributed by atoms with Gasteiger partial charge in [0.1, 0.15) is 0 Å². The zero-order valence-electron chi connectivity index (χ0n) is 9.52. The van der Waals surface area contributed by atoms with Crippen LogP contribution in [0.4, 0.5) is 0 Å². The van der Waals surface area contributed by atoms with Gasteiger partial charge in [0.15, 0.2) is 0 Å². The number of hydrogen-bond acceptors (Lipinski definition) is 4. The molecule has 0 aromatic carbocycles. The van der Waals surface area contributed by atoms with E-state index in [2.05, 4.69) is 11.9 Å². The Morgan fingerprint density at radius 3 is 3.00 bits per heavy atom. The third kappa shape index (κ3) is 3.41. The average Bonchev–Trinajstić information content (AvgIpc) is 2.62. The van der Waals surface area contributed by atoms with Gasteiger partial charge < -0.3 is 20.1 Å². The molecule has 2 rings (SSSR count). The lowest BCUT2D eigenvalue weighted by Crippen LogP contribution is -2.42. The molecule has 1 saturated carbocycles. The van der Waals surface area contributed by atoms with E-state index in [-0.39, 0.29) is 6.10 Å². The van der Waals surface area contributed by atoms with Crippen LogP contribution in [0.25, 0.3) is 0 Å². The number of ether oxygens (including phenoxy) is 2. The normalized spacial score (nSPS) is 38.4. The molecule has 0 bridgehead atoms. The summed E-state index contributed by atoms with van der Waals surface area (Å²) in [6.45, 7) is 3.57. The summed E-state index contributed by atoms with van der Waals surface area (Å²) in [7, 11) is 2.13. The van der Waals surface area contributed by atoms with Gasteiger partial charge in [0.2, 0.25) is 0 Å². The summed E-state index contributed by atoms with van der Waals surface area (Å²) in [6.07, 6.45) is 3.86. The second-order valence-electron chi connectivity index (χ2n) is 4.78. The maximum absolute atomic E-state index is 5.84.